The van der Waals surface area contributed by atoms with Crippen molar-refractivity contribution < 1.29 is 9.59 Å². The highest BCUT2D eigenvalue weighted by molar-refractivity contribution is 6.35. The summed E-state index contributed by atoms with van der Waals surface area (Å²) in [6, 6.07) is 22.9. The van der Waals surface area contributed by atoms with Gasteiger partial charge in [-0.2, -0.15) is 0 Å². The normalized spacial score (nSPS) is 14.6. The first-order valence-corrected chi connectivity index (χ1v) is 14.3. The number of nitrogens with one attached hydrogen (secondary N) is 1. The number of aryl methyl sites for hydroxylation is 2. The summed E-state index contributed by atoms with van der Waals surface area (Å²) >= 11 is 12.7. The van der Waals surface area contributed by atoms with E-state index in [2.05, 4.69) is 29.6 Å². The Labute approximate surface area is 236 Å². The molecule has 0 spiro atoms. The van der Waals surface area contributed by atoms with Gasteiger partial charge in [0.1, 0.15) is 6.04 Å². The lowest BCUT2D eigenvalue weighted by atomic mass is 9.94. The van der Waals surface area contributed by atoms with Gasteiger partial charge in [-0.15, -0.1) is 0 Å². The molecule has 0 radical (unpaired) electrons. The number of amides is 2. The van der Waals surface area contributed by atoms with Crippen LogP contribution in [0.15, 0.2) is 72.8 Å². The van der Waals surface area contributed by atoms with Crippen LogP contribution in [0.1, 0.15) is 60.8 Å². The maximum absolute atomic E-state index is 13.9. The highest BCUT2D eigenvalue weighted by Gasteiger charge is 2.32. The van der Waals surface area contributed by atoms with Crippen LogP contribution in [0.5, 0.6) is 0 Å². The number of hydrogen-bond acceptors (Lipinski definition) is 2. The monoisotopic (exact) mass is 550 g/mol. The molecule has 1 aliphatic rings. The van der Waals surface area contributed by atoms with Gasteiger partial charge in [0.2, 0.25) is 11.8 Å². The first-order valence-electron chi connectivity index (χ1n) is 13.5. The molecule has 1 atom stereocenters. The number of halogens is 2. The van der Waals surface area contributed by atoms with Crippen molar-refractivity contribution in [3.05, 3.63) is 105 Å². The molecule has 0 aromatic heterocycles. The van der Waals surface area contributed by atoms with E-state index < -0.39 is 6.04 Å². The van der Waals surface area contributed by atoms with Crippen LogP contribution in [0.3, 0.4) is 0 Å². The maximum Gasteiger partial charge on any atom is 0.243 e. The van der Waals surface area contributed by atoms with Crippen LogP contribution in [0.2, 0.25) is 10.0 Å². The molecule has 1 saturated carbocycles. The molecule has 38 heavy (non-hydrogen) atoms. The van der Waals surface area contributed by atoms with Crippen LogP contribution in [-0.4, -0.2) is 28.8 Å². The van der Waals surface area contributed by atoms with Gasteiger partial charge in [0.05, 0.1) is 0 Å². The molecule has 3 aromatic rings. The van der Waals surface area contributed by atoms with Gasteiger partial charge in [-0.05, 0) is 55.0 Å². The summed E-state index contributed by atoms with van der Waals surface area (Å²) in [4.78, 5) is 29.4. The fraction of sp³-hybridized carbons (Fsp3) is 0.375. The maximum atomic E-state index is 13.9. The molecule has 0 aliphatic heterocycles. The minimum absolute atomic E-state index is 0.0729. The third-order valence-electron chi connectivity index (χ3n) is 7.33. The van der Waals surface area contributed by atoms with Gasteiger partial charge in [-0.25, -0.2) is 0 Å². The first kappa shape index (κ1) is 28.2. The molecule has 6 heteroatoms. The first-order chi connectivity index (χ1) is 18.4. The molecule has 1 fully saturated rings. The fourth-order valence-electron chi connectivity index (χ4n) is 5.08. The average molecular weight is 552 g/mol. The van der Waals surface area contributed by atoms with E-state index >= 15 is 0 Å². The molecular formula is C32H36Cl2N2O2. The molecule has 0 saturated heterocycles. The van der Waals surface area contributed by atoms with Gasteiger partial charge in [-0.1, -0.05) is 109 Å². The quantitative estimate of drug-likeness (QED) is 0.287. The Morgan fingerprint density at radius 1 is 0.921 bits per heavy atom. The van der Waals surface area contributed by atoms with E-state index in [4.69, 9.17) is 23.2 Å². The Morgan fingerprint density at radius 2 is 1.63 bits per heavy atom. The van der Waals surface area contributed by atoms with Gasteiger partial charge in [0, 0.05) is 35.5 Å². The Bertz CT molecular complexity index is 1210. The van der Waals surface area contributed by atoms with Crippen LogP contribution in [0.4, 0.5) is 0 Å². The average Bonchev–Trinajstić information content (AvgIpc) is 2.92. The van der Waals surface area contributed by atoms with Gasteiger partial charge in [-0.3, -0.25) is 9.59 Å². The molecule has 0 heterocycles. The second kappa shape index (κ2) is 13.8. The molecule has 2 amide bonds. The molecule has 1 N–H and O–H groups in total. The molecule has 1 aliphatic carbocycles. The van der Waals surface area contributed by atoms with Crippen LogP contribution in [0, 0.1) is 6.92 Å². The molecule has 4 rings (SSSR count). The topological polar surface area (TPSA) is 49.4 Å². The van der Waals surface area contributed by atoms with Crippen molar-refractivity contribution in [2.45, 2.75) is 76.9 Å². The fourth-order valence-corrected chi connectivity index (χ4v) is 5.55. The van der Waals surface area contributed by atoms with E-state index in [9.17, 15) is 9.59 Å². The Kier molecular flexibility index (Phi) is 10.3. The Balaban J connectivity index is 1.62. The lowest BCUT2D eigenvalue weighted by Gasteiger charge is -2.34. The summed E-state index contributed by atoms with van der Waals surface area (Å²) in [5.74, 6) is -0.175. The summed E-state index contributed by atoms with van der Waals surface area (Å²) in [6.07, 6.45) is 6.74. The molecule has 200 valence electrons. The smallest absolute Gasteiger partial charge is 0.243 e. The third kappa shape index (κ3) is 8.09. The van der Waals surface area contributed by atoms with Crippen molar-refractivity contribution in [1.29, 1.82) is 0 Å². The summed E-state index contributed by atoms with van der Waals surface area (Å²) in [7, 11) is 0. The van der Waals surface area contributed by atoms with Crippen LogP contribution >= 0.6 is 23.2 Å². The number of carbonyl (C=O) groups is 2. The van der Waals surface area contributed by atoms with E-state index in [0.717, 1.165) is 42.4 Å². The van der Waals surface area contributed by atoms with Crippen molar-refractivity contribution >= 4 is 35.0 Å². The molecular weight excluding hydrogens is 515 g/mol. The molecule has 1 unspecified atom stereocenters. The van der Waals surface area contributed by atoms with Gasteiger partial charge in [0.15, 0.2) is 0 Å². The standard InChI is InChI=1S/C32H36Cl2N2O2/c1-23-12-14-24(15-13-23)16-19-31(37)36(22-26-17-18-27(33)21-29(26)34)30(20-25-8-4-2-5-9-25)32(38)35-28-10-6-3-7-11-28/h2,4-5,8-9,12-15,17-18,21,28,30H,3,6-7,10-11,16,19-20,22H2,1H3,(H,35,38). The van der Waals surface area contributed by atoms with Crippen LogP contribution in [0.25, 0.3) is 0 Å². The van der Waals surface area contributed by atoms with Gasteiger partial charge in [0.25, 0.3) is 0 Å². The highest BCUT2D eigenvalue weighted by Crippen LogP contribution is 2.25. The van der Waals surface area contributed by atoms with E-state index in [1.165, 1.54) is 12.0 Å². The van der Waals surface area contributed by atoms with E-state index in [1.54, 1.807) is 17.0 Å². The van der Waals surface area contributed by atoms with Gasteiger partial charge < -0.3 is 10.2 Å². The number of nitrogens with zero attached hydrogens (tertiary/aromatic N) is 1. The zero-order valence-corrected chi connectivity index (χ0v) is 23.5. The van der Waals surface area contributed by atoms with Crippen LogP contribution in [-0.2, 0) is 29.0 Å². The van der Waals surface area contributed by atoms with Crippen molar-refractivity contribution in [3.63, 3.8) is 0 Å². The Morgan fingerprint density at radius 3 is 2.32 bits per heavy atom. The van der Waals surface area contributed by atoms with E-state index in [-0.39, 0.29) is 24.4 Å². The zero-order valence-electron chi connectivity index (χ0n) is 22.0. The second-order valence-corrected chi connectivity index (χ2v) is 11.1. The second-order valence-electron chi connectivity index (χ2n) is 10.3. The Hall–Kier alpha value is -2.82. The minimum Gasteiger partial charge on any atom is -0.352 e. The van der Waals surface area contributed by atoms with E-state index in [1.807, 2.05) is 43.3 Å². The minimum atomic E-state index is -0.656. The summed E-state index contributed by atoms with van der Waals surface area (Å²) < 4.78 is 0. The van der Waals surface area contributed by atoms with Crippen molar-refractivity contribution in [2.24, 2.45) is 0 Å². The highest BCUT2D eigenvalue weighted by atomic mass is 35.5. The third-order valence-corrected chi connectivity index (χ3v) is 7.91. The molecule has 4 nitrogen and oxygen atoms in total. The lowest BCUT2D eigenvalue weighted by molar-refractivity contribution is -0.141. The number of benzene rings is 3. The summed E-state index contributed by atoms with van der Waals surface area (Å²) in [5.41, 5.74) is 4.05. The predicted octanol–water partition coefficient (Wildman–Crippen LogP) is 7.32. The zero-order chi connectivity index (χ0) is 26.9. The predicted molar refractivity (Wildman–Crippen MR) is 155 cm³/mol. The summed E-state index contributed by atoms with van der Waals surface area (Å²) in [6.45, 7) is 2.28. The lowest BCUT2D eigenvalue weighted by Crippen LogP contribution is -2.53. The molecule has 0 bridgehead atoms. The molecule has 3 aromatic carbocycles. The number of hydrogen-bond donors (Lipinski definition) is 1. The number of carbonyl (C=O) groups excluding carboxylic acids is 2. The SMILES string of the molecule is Cc1ccc(CCC(=O)N(Cc2ccc(Cl)cc2Cl)C(Cc2ccccc2)C(=O)NC2CCCCC2)cc1. The number of rotatable bonds is 10. The van der Waals surface area contributed by atoms with E-state index in [0.29, 0.717) is 29.3 Å². The van der Waals surface area contributed by atoms with Crippen molar-refractivity contribution in [1.82, 2.24) is 10.2 Å². The van der Waals surface area contributed by atoms with Crippen molar-refractivity contribution in [3.8, 4) is 0 Å². The van der Waals surface area contributed by atoms with Crippen molar-refractivity contribution in [2.75, 3.05) is 0 Å². The summed E-state index contributed by atoms with van der Waals surface area (Å²) in [5, 5.41) is 4.30. The van der Waals surface area contributed by atoms with Gasteiger partial charge >= 0.3 is 0 Å². The van der Waals surface area contributed by atoms with Crippen LogP contribution < -0.4 is 5.32 Å². The largest absolute Gasteiger partial charge is 0.352 e.